The monoisotopic (exact) mass is 249 g/mol. The van der Waals surface area contributed by atoms with E-state index in [1.807, 2.05) is 24.3 Å². The van der Waals surface area contributed by atoms with Crippen LogP contribution < -0.4 is 0 Å². The zero-order chi connectivity index (χ0) is 13.0. The lowest BCUT2D eigenvalue weighted by molar-refractivity contribution is -0.136. The molecule has 0 bridgehead atoms. The molecule has 0 amide bonds. The maximum atomic E-state index is 10.8. The molecule has 0 radical (unpaired) electrons. The predicted octanol–water partition coefficient (Wildman–Crippen LogP) is 1.27. The topological polar surface area (TPSA) is 60.8 Å². The third kappa shape index (κ3) is 3.09. The number of carboxylic acid groups (broad SMARTS) is 1. The number of hydrogen-bond acceptors (Lipinski definition) is 3. The first-order chi connectivity index (χ1) is 8.70. The minimum Gasteiger partial charge on any atom is -0.481 e. The highest BCUT2D eigenvalue weighted by atomic mass is 16.4. The molecular formula is C14H19NO3. The van der Waals surface area contributed by atoms with Crippen LogP contribution in [0.3, 0.4) is 0 Å². The fourth-order valence-corrected chi connectivity index (χ4v) is 2.58. The molecule has 1 aromatic carbocycles. The van der Waals surface area contributed by atoms with Gasteiger partial charge in [0.05, 0.1) is 13.0 Å². The van der Waals surface area contributed by atoms with Crippen LogP contribution in [0.15, 0.2) is 24.3 Å². The van der Waals surface area contributed by atoms with Gasteiger partial charge < -0.3 is 10.2 Å². The molecule has 0 aliphatic carbocycles. The highest BCUT2D eigenvalue weighted by molar-refractivity contribution is 5.70. The number of likely N-dealkylation sites (tertiary alicyclic amines) is 1. The van der Waals surface area contributed by atoms with Crippen LogP contribution in [0.1, 0.15) is 24.0 Å². The molecular weight excluding hydrogens is 230 g/mol. The van der Waals surface area contributed by atoms with E-state index in [0.717, 1.165) is 37.1 Å². The Morgan fingerprint density at radius 3 is 2.72 bits per heavy atom. The van der Waals surface area contributed by atoms with E-state index in [0.29, 0.717) is 0 Å². The maximum absolute atomic E-state index is 10.8. The number of aliphatic hydroxyl groups is 1. The standard InChI is InChI=1S/C14H19NO3/c16-10-13-6-3-7-15(13)9-12-5-2-1-4-11(12)8-14(17)18/h1-2,4-5,13,16H,3,6-10H2,(H,17,18)/t13-/m0/s1. The minimum absolute atomic E-state index is 0.0633. The Morgan fingerprint density at radius 1 is 1.33 bits per heavy atom. The van der Waals surface area contributed by atoms with Crippen molar-refractivity contribution in [1.82, 2.24) is 4.90 Å². The molecule has 0 spiro atoms. The van der Waals surface area contributed by atoms with Crippen molar-refractivity contribution in [2.24, 2.45) is 0 Å². The quantitative estimate of drug-likeness (QED) is 0.825. The molecule has 4 heteroatoms. The average Bonchev–Trinajstić information content (AvgIpc) is 2.78. The second-order valence-electron chi connectivity index (χ2n) is 4.79. The maximum Gasteiger partial charge on any atom is 0.307 e. The van der Waals surface area contributed by atoms with Gasteiger partial charge in [0.1, 0.15) is 0 Å². The molecule has 4 nitrogen and oxygen atoms in total. The molecule has 0 aromatic heterocycles. The van der Waals surface area contributed by atoms with Crippen molar-refractivity contribution in [3.63, 3.8) is 0 Å². The summed E-state index contributed by atoms with van der Waals surface area (Å²) in [7, 11) is 0. The fourth-order valence-electron chi connectivity index (χ4n) is 2.58. The highest BCUT2D eigenvalue weighted by Crippen LogP contribution is 2.21. The molecule has 0 saturated carbocycles. The van der Waals surface area contributed by atoms with Crippen LogP contribution in [-0.2, 0) is 17.8 Å². The molecule has 2 N–H and O–H groups in total. The van der Waals surface area contributed by atoms with Crippen LogP contribution in [0.5, 0.6) is 0 Å². The fraction of sp³-hybridized carbons (Fsp3) is 0.500. The second kappa shape index (κ2) is 5.98. The molecule has 18 heavy (non-hydrogen) atoms. The summed E-state index contributed by atoms with van der Waals surface area (Å²) in [6.07, 6.45) is 2.19. The zero-order valence-corrected chi connectivity index (χ0v) is 10.4. The van der Waals surface area contributed by atoms with Crippen molar-refractivity contribution in [2.45, 2.75) is 31.8 Å². The van der Waals surface area contributed by atoms with Crippen LogP contribution in [-0.4, -0.2) is 40.3 Å². The Bertz CT molecular complexity index is 419. The first-order valence-electron chi connectivity index (χ1n) is 6.34. The average molecular weight is 249 g/mol. The lowest BCUT2D eigenvalue weighted by Crippen LogP contribution is -2.32. The Balaban J connectivity index is 2.10. The highest BCUT2D eigenvalue weighted by Gasteiger charge is 2.24. The molecule has 0 unspecified atom stereocenters. The lowest BCUT2D eigenvalue weighted by atomic mass is 10.0. The molecule has 98 valence electrons. The van der Waals surface area contributed by atoms with E-state index in [1.54, 1.807) is 0 Å². The molecule has 1 aromatic rings. The number of nitrogens with zero attached hydrogens (tertiary/aromatic N) is 1. The van der Waals surface area contributed by atoms with Gasteiger partial charge in [0, 0.05) is 12.6 Å². The normalized spacial score (nSPS) is 20.2. The van der Waals surface area contributed by atoms with E-state index in [-0.39, 0.29) is 19.1 Å². The first-order valence-corrected chi connectivity index (χ1v) is 6.34. The first kappa shape index (κ1) is 13.1. The number of rotatable bonds is 5. The van der Waals surface area contributed by atoms with Crippen molar-refractivity contribution in [3.05, 3.63) is 35.4 Å². The van der Waals surface area contributed by atoms with E-state index in [1.165, 1.54) is 0 Å². The number of benzene rings is 1. The van der Waals surface area contributed by atoms with Gasteiger partial charge in [0.2, 0.25) is 0 Å². The van der Waals surface area contributed by atoms with Gasteiger partial charge in [-0.25, -0.2) is 0 Å². The second-order valence-corrected chi connectivity index (χ2v) is 4.79. The summed E-state index contributed by atoms with van der Waals surface area (Å²) in [5.74, 6) is -0.803. The van der Waals surface area contributed by atoms with Crippen molar-refractivity contribution >= 4 is 5.97 Å². The Hall–Kier alpha value is -1.39. The van der Waals surface area contributed by atoms with Crippen LogP contribution in [0, 0.1) is 0 Å². The summed E-state index contributed by atoms with van der Waals surface area (Å²) in [6.45, 7) is 1.89. The van der Waals surface area contributed by atoms with Crippen LogP contribution in [0.4, 0.5) is 0 Å². The van der Waals surface area contributed by atoms with E-state index in [4.69, 9.17) is 5.11 Å². The molecule has 1 fully saturated rings. The van der Waals surface area contributed by atoms with Gasteiger partial charge >= 0.3 is 5.97 Å². The molecule has 1 saturated heterocycles. The van der Waals surface area contributed by atoms with Crippen molar-refractivity contribution in [3.8, 4) is 0 Å². The van der Waals surface area contributed by atoms with Gasteiger partial charge in [-0.1, -0.05) is 24.3 Å². The third-order valence-electron chi connectivity index (χ3n) is 3.54. The minimum atomic E-state index is -0.803. The third-order valence-corrected chi connectivity index (χ3v) is 3.54. The Labute approximate surface area is 107 Å². The smallest absolute Gasteiger partial charge is 0.307 e. The van der Waals surface area contributed by atoms with Crippen LogP contribution in [0.25, 0.3) is 0 Å². The molecule has 1 heterocycles. The summed E-state index contributed by atoms with van der Waals surface area (Å²) >= 11 is 0. The largest absolute Gasteiger partial charge is 0.481 e. The van der Waals surface area contributed by atoms with E-state index >= 15 is 0 Å². The molecule has 1 aliphatic heterocycles. The summed E-state index contributed by atoms with van der Waals surface area (Å²) in [5, 5.41) is 18.2. The van der Waals surface area contributed by atoms with Gasteiger partial charge in [0.15, 0.2) is 0 Å². The van der Waals surface area contributed by atoms with Crippen molar-refractivity contribution in [2.75, 3.05) is 13.2 Å². The summed E-state index contributed by atoms with van der Waals surface area (Å²) in [5.41, 5.74) is 1.92. The van der Waals surface area contributed by atoms with Gasteiger partial charge in [-0.15, -0.1) is 0 Å². The number of aliphatic carboxylic acids is 1. The predicted molar refractivity (Wildman–Crippen MR) is 68.3 cm³/mol. The summed E-state index contributed by atoms with van der Waals surface area (Å²) in [4.78, 5) is 13.1. The molecule has 2 rings (SSSR count). The Kier molecular flexibility index (Phi) is 4.33. The zero-order valence-electron chi connectivity index (χ0n) is 10.4. The van der Waals surface area contributed by atoms with E-state index in [2.05, 4.69) is 4.90 Å². The molecule has 1 atom stereocenters. The number of hydrogen-bond donors (Lipinski definition) is 2. The van der Waals surface area contributed by atoms with Gasteiger partial charge in [-0.2, -0.15) is 0 Å². The SMILES string of the molecule is O=C(O)Cc1ccccc1CN1CCC[C@H]1CO. The number of carboxylic acids is 1. The van der Waals surface area contributed by atoms with E-state index < -0.39 is 5.97 Å². The lowest BCUT2D eigenvalue weighted by Gasteiger charge is -2.23. The van der Waals surface area contributed by atoms with Gasteiger partial charge in [-0.3, -0.25) is 9.69 Å². The van der Waals surface area contributed by atoms with Crippen molar-refractivity contribution in [1.29, 1.82) is 0 Å². The summed E-state index contributed by atoms with van der Waals surface area (Å²) in [6, 6.07) is 7.88. The van der Waals surface area contributed by atoms with Gasteiger partial charge in [-0.05, 0) is 30.5 Å². The Morgan fingerprint density at radius 2 is 2.06 bits per heavy atom. The van der Waals surface area contributed by atoms with Crippen molar-refractivity contribution < 1.29 is 15.0 Å². The number of carbonyl (C=O) groups is 1. The van der Waals surface area contributed by atoms with Crippen LogP contribution in [0.2, 0.25) is 0 Å². The summed E-state index contributed by atoms with van der Waals surface area (Å²) < 4.78 is 0. The number of aliphatic hydroxyl groups excluding tert-OH is 1. The molecule has 1 aliphatic rings. The van der Waals surface area contributed by atoms with E-state index in [9.17, 15) is 9.90 Å². The van der Waals surface area contributed by atoms with Crippen LogP contribution >= 0.6 is 0 Å². The van der Waals surface area contributed by atoms with Gasteiger partial charge in [0.25, 0.3) is 0 Å².